The minimum absolute atomic E-state index is 0.164. The average molecular weight is 616 g/mol. The molecule has 1 aromatic heterocycles. The third kappa shape index (κ3) is 6.99. The zero-order valence-corrected chi connectivity index (χ0v) is 25.5. The number of thiazole rings is 1. The fraction of sp³-hybridized carbons (Fsp3) is 0.0833. The first kappa shape index (κ1) is 29.2. The lowest BCUT2D eigenvalue weighted by Crippen LogP contribution is -2.19. The van der Waals surface area contributed by atoms with Crippen LogP contribution in [0.1, 0.15) is 28.1 Å². The number of amides is 2. The van der Waals surface area contributed by atoms with Crippen molar-refractivity contribution in [2.75, 3.05) is 17.2 Å². The Kier molecular flexibility index (Phi) is 9.01. The van der Waals surface area contributed by atoms with Crippen molar-refractivity contribution in [3.05, 3.63) is 138 Å². The van der Waals surface area contributed by atoms with E-state index in [1.54, 1.807) is 0 Å². The van der Waals surface area contributed by atoms with Gasteiger partial charge in [0.15, 0.2) is 5.13 Å². The lowest BCUT2D eigenvalue weighted by atomic mass is 10.1. The fourth-order valence-corrected chi connectivity index (χ4v) is 6.46. The van der Waals surface area contributed by atoms with E-state index in [1.165, 1.54) is 23.1 Å². The Morgan fingerprint density at radius 3 is 2.30 bits per heavy atom. The minimum Gasteiger partial charge on any atom is -0.494 e. The van der Waals surface area contributed by atoms with Crippen molar-refractivity contribution in [1.29, 1.82) is 0 Å². The van der Waals surface area contributed by atoms with Crippen LogP contribution in [-0.2, 0) is 4.79 Å². The summed E-state index contributed by atoms with van der Waals surface area (Å²) in [5.74, 6) is 0.469. The van der Waals surface area contributed by atoms with E-state index < -0.39 is 5.25 Å². The number of nitrogens with zero attached hydrogens (tertiary/aromatic N) is 1. The molecular weight excluding hydrogens is 587 g/mol. The largest absolute Gasteiger partial charge is 0.494 e. The molecule has 5 aromatic carbocycles. The molecule has 0 saturated carbocycles. The molecule has 218 valence electrons. The molecule has 0 spiro atoms. The summed E-state index contributed by atoms with van der Waals surface area (Å²) < 4.78 is 5.53. The van der Waals surface area contributed by atoms with Crippen LogP contribution in [0, 0.1) is 0 Å². The summed E-state index contributed by atoms with van der Waals surface area (Å²) in [5, 5.41) is 10.1. The van der Waals surface area contributed by atoms with Crippen LogP contribution in [0.5, 0.6) is 5.75 Å². The quantitative estimate of drug-likeness (QED) is 0.150. The van der Waals surface area contributed by atoms with Crippen LogP contribution in [-0.4, -0.2) is 23.4 Å². The van der Waals surface area contributed by atoms with E-state index >= 15 is 0 Å². The van der Waals surface area contributed by atoms with Gasteiger partial charge in [-0.1, -0.05) is 60.7 Å². The smallest absolute Gasteiger partial charge is 0.255 e. The number of benzene rings is 5. The monoisotopic (exact) mass is 615 g/mol. The molecule has 8 heteroatoms. The number of hydrogen-bond donors (Lipinski definition) is 2. The second-order valence-electron chi connectivity index (χ2n) is 9.93. The van der Waals surface area contributed by atoms with Crippen LogP contribution < -0.4 is 15.4 Å². The van der Waals surface area contributed by atoms with Crippen LogP contribution in [0.3, 0.4) is 0 Å². The molecule has 6 aromatic rings. The molecule has 0 aliphatic heterocycles. The molecule has 2 N–H and O–H groups in total. The molecule has 1 heterocycles. The Balaban J connectivity index is 1.14. The van der Waals surface area contributed by atoms with Gasteiger partial charge in [-0.05, 0) is 83.9 Å². The predicted octanol–water partition coefficient (Wildman–Crippen LogP) is 9.09. The molecule has 6 nitrogen and oxygen atoms in total. The number of thioether (sulfide) groups is 1. The first-order valence-electron chi connectivity index (χ1n) is 14.2. The van der Waals surface area contributed by atoms with E-state index in [4.69, 9.17) is 4.74 Å². The van der Waals surface area contributed by atoms with E-state index in [0.29, 0.717) is 23.0 Å². The van der Waals surface area contributed by atoms with Crippen LogP contribution >= 0.6 is 23.1 Å². The third-order valence-electron chi connectivity index (χ3n) is 6.91. The van der Waals surface area contributed by atoms with Crippen molar-refractivity contribution in [1.82, 2.24) is 4.98 Å². The van der Waals surface area contributed by atoms with Crippen molar-refractivity contribution < 1.29 is 14.3 Å². The van der Waals surface area contributed by atoms with Gasteiger partial charge in [-0.2, -0.15) is 0 Å². The number of ether oxygens (including phenoxy) is 1. The lowest BCUT2D eigenvalue weighted by Gasteiger charge is -2.16. The van der Waals surface area contributed by atoms with Gasteiger partial charge in [0, 0.05) is 27.1 Å². The van der Waals surface area contributed by atoms with E-state index in [0.717, 1.165) is 38.2 Å². The predicted molar refractivity (Wildman–Crippen MR) is 181 cm³/mol. The van der Waals surface area contributed by atoms with Crippen LogP contribution in [0.2, 0.25) is 0 Å². The zero-order chi connectivity index (χ0) is 30.3. The van der Waals surface area contributed by atoms with Gasteiger partial charge < -0.3 is 15.4 Å². The summed E-state index contributed by atoms with van der Waals surface area (Å²) in [6.07, 6.45) is 0. The highest BCUT2D eigenvalue weighted by molar-refractivity contribution is 8.00. The Bertz CT molecular complexity index is 1890. The molecule has 0 saturated heterocycles. The Hall–Kier alpha value is -4.92. The number of rotatable bonds is 10. The molecule has 0 fully saturated rings. The van der Waals surface area contributed by atoms with Crippen LogP contribution in [0.25, 0.3) is 22.0 Å². The van der Waals surface area contributed by atoms with Gasteiger partial charge in [0.05, 0.1) is 12.3 Å². The number of carbonyl (C=O) groups is 2. The van der Waals surface area contributed by atoms with Gasteiger partial charge in [0.25, 0.3) is 5.91 Å². The summed E-state index contributed by atoms with van der Waals surface area (Å²) >= 11 is 2.83. The van der Waals surface area contributed by atoms with Gasteiger partial charge in [0.2, 0.25) is 5.91 Å². The maximum atomic E-state index is 13.6. The van der Waals surface area contributed by atoms with E-state index in [9.17, 15) is 9.59 Å². The third-order valence-corrected chi connectivity index (χ3v) is 8.94. The Labute approximate surface area is 264 Å². The zero-order valence-electron chi connectivity index (χ0n) is 23.9. The standard InChI is InChI=1S/C36H29N3O3S2/c1-2-42-30-18-14-25(15-19-30)32-23-43-36(38-32)39-35(41)33(26-9-4-3-5-10-26)44-31-20-16-29(17-21-31)37-34(40)28-13-12-24-8-6-7-11-27(24)22-28/h3-23,33H,2H2,1H3,(H,37,40)(H,38,39,41). The van der Waals surface area contributed by atoms with E-state index in [2.05, 4.69) is 15.6 Å². The highest BCUT2D eigenvalue weighted by atomic mass is 32.2. The van der Waals surface area contributed by atoms with Crippen molar-refractivity contribution in [2.45, 2.75) is 17.1 Å². The van der Waals surface area contributed by atoms with E-state index in [-0.39, 0.29) is 11.8 Å². The van der Waals surface area contributed by atoms with Gasteiger partial charge in [0.1, 0.15) is 11.0 Å². The molecule has 0 radical (unpaired) electrons. The second-order valence-corrected chi connectivity index (χ2v) is 12.0. The van der Waals surface area contributed by atoms with Gasteiger partial charge in [-0.25, -0.2) is 4.98 Å². The van der Waals surface area contributed by atoms with Crippen molar-refractivity contribution in [3.8, 4) is 17.0 Å². The van der Waals surface area contributed by atoms with Crippen molar-refractivity contribution in [2.24, 2.45) is 0 Å². The molecule has 0 aliphatic rings. The average Bonchev–Trinajstić information content (AvgIpc) is 3.53. The molecular formula is C36H29N3O3S2. The summed E-state index contributed by atoms with van der Waals surface area (Å²) in [7, 11) is 0. The number of nitrogens with one attached hydrogen (secondary N) is 2. The Morgan fingerprint density at radius 2 is 1.55 bits per heavy atom. The highest BCUT2D eigenvalue weighted by Gasteiger charge is 2.23. The Morgan fingerprint density at radius 1 is 0.818 bits per heavy atom. The summed E-state index contributed by atoms with van der Waals surface area (Å²) in [6.45, 7) is 2.56. The van der Waals surface area contributed by atoms with Gasteiger partial charge in [-0.15, -0.1) is 23.1 Å². The van der Waals surface area contributed by atoms with Crippen LogP contribution in [0.15, 0.2) is 132 Å². The number of hydrogen-bond acceptors (Lipinski definition) is 6. The maximum absolute atomic E-state index is 13.6. The number of fused-ring (bicyclic) bond motifs is 1. The molecule has 1 atom stereocenters. The van der Waals surface area contributed by atoms with Gasteiger partial charge >= 0.3 is 0 Å². The van der Waals surface area contributed by atoms with Crippen molar-refractivity contribution >= 4 is 56.5 Å². The lowest BCUT2D eigenvalue weighted by molar-refractivity contribution is -0.115. The second kappa shape index (κ2) is 13.6. The SMILES string of the molecule is CCOc1ccc(-c2csc(NC(=O)C(Sc3ccc(NC(=O)c4ccc5ccccc5c4)cc3)c3ccccc3)n2)cc1. The number of aromatic nitrogens is 1. The number of anilines is 2. The van der Waals surface area contributed by atoms with Crippen molar-refractivity contribution in [3.63, 3.8) is 0 Å². The molecule has 0 bridgehead atoms. The molecule has 44 heavy (non-hydrogen) atoms. The maximum Gasteiger partial charge on any atom is 0.255 e. The van der Waals surface area contributed by atoms with Crippen LogP contribution in [0.4, 0.5) is 10.8 Å². The van der Waals surface area contributed by atoms with Gasteiger partial charge in [-0.3, -0.25) is 9.59 Å². The molecule has 2 amide bonds. The summed E-state index contributed by atoms with van der Waals surface area (Å²) in [6, 6.07) is 38.6. The minimum atomic E-state index is -0.507. The number of carbonyl (C=O) groups excluding carboxylic acids is 2. The molecule has 0 aliphatic carbocycles. The first-order chi connectivity index (χ1) is 21.6. The topological polar surface area (TPSA) is 80.3 Å². The summed E-state index contributed by atoms with van der Waals surface area (Å²) in [5.41, 5.74) is 3.89. The highest BCUT2D eigenvalue weighted by Crippen LogP contribution is 2.37. The van der Waals surface area contributed by atoms with E-state index in [1.807, 2.05) is 134 Å². The normalized spacial score (nSPS) is 11.6. The molecule has 1 unspecified atom stereocenters. The fourth-order valence-electron chi connectivity index (χ4n) is 4.71. The summed E-state index contributed by atoms with van der Waals surface area (Å²) in [4.78, 5) is 32.1. The first-order valence-corrected chi connectivity index (χ1v) is 15.9. The molecule has 6 rings (SSSR count).